The predicted molar refractivity (Wildman–Crippen MR) is 54.4 cm³/mol. The summed E-state index contributed by atoms with van der Waals surface area (Å²) in [6.45, 7) is 6.38. The van der Waals surface area contributed by atoms with Crippen molar-refractivity contribution >= 4 is 18.6 Å². The molecule has 0 aromatic rings. The Kier molecular flexibility index (Phi) is 6.62. The number of hydrogen-bond acceptors (Lipinski definition) is 1. The summed E-state index contributed by atoms with van der Waals surface area (Å²) < 4.78 is 0. The second-order valence-corrected chi connectivity index (χ2v) is 5.94. The van der Waals surface area contributed by atoms with Gasteiger partial charge in [0, 0.05) is 5.41 Å². The third-order valence-corrected chi connectivity index (χ3v) is 2.22. The van der Waals surface area contributed by atoms with Crippen LogP contribution in [0.25, 0.3) is 0 Å². The average molecular weight is 257 g/mol. The fraction of sp³-hybridized carbons (Fsp3) is 0.556. The molecule has 0 aromatic carbocycles. The molecule has 1 rings (SSSR count). The summed E-state index contributed by atoms with van der Waals surface area (Å²) in [5, 5.41) is 9.03. The summed E-state index contributed by atoms with van der Waals surface area (Å²) >= 11 is -0.556. The second kappa shape index (κ2) is 6.26. The Morgan fingerprint density at radius 3 is 2.08 bits per heavy atom. The van der Waals surface area contributed by atoms with E-state index in [1.807, 2.05) is 0 Å². The van der Waals surface area contributed by atoms with Gasteiger partial charge in [0.25, 0.3) is 0 Å². The van der Waals surface area contributed by atoms with E-state index in [1.165, 1.54) is 11.1 Å². The number of halogens is 2. The number of aliphatic hydroxyl groups is 1. The van der Waals surface area contributed by atoms with Crippen LogP contribution in [-0.2, 0) is 17.0 Å². The summed E-state index contributed by atoms with van der Waals surface area (Å²) in [6, 6.07) is 0. The minimum absolute atomic E-state index is 0.0793. The van der Waals surface area contributed by atoms with E-state index in [0.717, 1.165) is 0 Å². The van der Waals surface area contributed by atoms with E-state index < -0.39 is 17.0 Å². The Labute approximate surface area is 96.5 Å². The summed E-state index contributed by atoms with van der Waals surface area (Å²) in [5.74, 6) is 0. The molecule has 0 bridgehead atoms. The van der Waals surface area contributed by atoms with Crippen LogP contribution in [0.1, 0.15) is 20.8 Å². The molecule has 13 heavy (non-hydrogen) atoms. The van der Waals surface area contributed by atoms with Crippen LogP contribution in [0.5, 0.6) is 0 Å². The van der Waals surface area contributed by atoms with Crippen LogP contribution >= 0.6 is 18.6 Å². The van der Waals surface area contributed by atoms with Gasteiger partial charge in [-0.15, -0.1) is 0 Å². The van der Waals surface area contributed by atoms with Gasteiger partial charge in [0.2, 0.25) is 0 Å². The van der Waals surface area contributed by atoms with E-state index >= 15 is 0 Å². The standard InChI is InChI=1S/C9H14O.2ClH.Ti/c1-7-4-8(2)9(3,5-7)6-10;;;/h4-5,10H,6H2,1-3H3;2*1H;/q;;;+2/p-2. The molecule has 1 atom stereocenters. The summed E-state index contributed by atoms with van der Waals surface area (Å²) in [7, 11) is 9.78. The molecule has 1 unspecified atom stereocenters. The molecule has 0 amide bonds. The van der Waals surface area contributed by atoms with Gasteiger partial charge in [-0.1, -0.05) is 30.2 Å². The number of rotatable bonds is 1. The molecule has 0 fully saturated rings. The van der Waals surface area contributed by atoms with Crippen molar-refractivity contribution in [1.82, 2.24) is 0 Å². The maximum absolute atomic E-state index is 9.03. The molecule has 1 aliphatic carbocycles. The fourth-order valence-electron chi connectivity index (χ4n) is 1.33. The van der Waals surface area contributed by atoms with Gasteiger partial charge in [0.05, 0.1) is 6.61 Å². The van der Waals surface area contributed by atoms with Crippen LogP contribution in [-0.4, -0.2) is 11.7 Å². The Balaban J connectivity index is 0.000000424. The monoisotopic (exact) mass is 256 g/mol. The molecule has 4 heteroatoms. The Bertz CT molecular complexity index is 226. The molecule has 0 aromatic heterocycles. The second-order valence-electron chi connectivity index (χ2n) is 3.36. The van der Waals surface area contributed by atoms with Crippen molar-refractivity contribution < 1.29 is 22.1 Å². The first-order chi connectivity index (χ1) is 6.00. The third kappa shape index (κ3) is 4.18. The maximum atomic E-state index is 9.03. The van der Waals surface area contributed by atoms with E-state index in [9.17, 15) is 0 Å². The molecule has 1 nitrogen and oxygen atoms in total. The average Bonchev–Trinajstić information content (AvgIpc) is 2.29. The summed E-state index contributed by atoms with van der Waals surface area (Å²) in [4.78, 5) is 0. The van der Waals surface area contributed by atoms with Crippen molar-refractivity contribution in [2.45, 2.75) is 20.8 Å². The first-order valence-electron chi connectivity index (χ1n) is 3.95. The molecule has 0 heterocycles. The Morgan fingerprint density at radius 2 is 1.92 bits per heavy atom. The van der Waals surface area contributed by atoms with E-state index in [1.54, 1.807) is 0 Å². The molecule has 0 aliphatic heterocycles. The molecule has 0 saturated heterocycles. The number of allylic oxidation sites excluding steroid dienone is 2. The SMILES string of the molecule is CC1=CC(C)(CO)C(C)=C1.[Cl][Ti][Cl]. The zero-order valence-corrected chi connectivity index (χ0v) is 11.1. The topological polar surface area (TPSA) is 20.2 Å². The number of aliphatic hydroxyl groups excluding tert-OH is 1. The van der Waals surface area contributed by atoms with Gasteiger partial charge in [0.15, 0.2) is 0 Å². The van der Waals surface area contributed by atoms with Gasteiger partial charge >= 0.3 is 35.6 Å². The molecule has 0 spiro atoms. The molecule has 1 N–H and O–H groups in total. The Morgan fingerprint density at radius 1 is 1.46 bits per heavy atom. The van der Waals surface area contributed by atoms with Crippen molar-refractivity contribution in [1.29, 1.82) is 0 Å². The van der Waals surface area contributed by atoms with Crippen LogP contribution in [0.4, 0.5) is 0 Å². The van der Waals surface area contributed by atoms with Crippen molar-refractivity contribution in [2.75, 3.05) is 6.61 Å². The first kappa shape index (κ1) is 13.7. The predicted octanol–water partition coefficient (Wildman–Crippen LogP) is 3.27. The van der Waals surface area contributed by atoms with Gasteiger partial charge in [-0.25, -0.2) is 0 Å². The van der Waals surface area contributed by atoms with E-state index in [2.05, 4.69) is 32.9 Å². The van der Waals surface area contributed by atoms with Crippen molar-refractivity contribution in [3.8, 4) is 0 Å². The van der Waals surface area contributed by atoms with E-state index in [4.69, 9.17) is 23.7 Å². The molecular weight excluding hydrogens is 243 g/mol. The normalized spacial score (nSPS) is 25.7. The van der Waals surface area contributed by atoms with E-state index in [0.29, 0.717) is 0 Å². The zero-order valence-electron chi connectivity index (χ0n) is 8.06. The van der Waals surface area contributed by atoms with Gasteiger partial charge in [0.1, 0.15) is 0 Å². The van der Waals surface area contributed by atoms with Crippen molar-refractivity contribution in [3.63, 3.8) is 0 Å². The fourth-order valence-corrected chi connectivity index (χ4v) is 1.33. The van der Waals surface area contributed by atoms with Crippen LogP contribution in [0.3, 0.4) is 0 Å². The van der Waals surface area contributed by atoms with Gasteiger partial charge in [-0.3, -0.25) is 0 Å². The Hall–Kier alpha value is 0.734. The first-order valence-corrected chi connectivity index (χ1v) is 8.25. The zero-order chi connectivity index (χ0) is 10.5. The van der Waals surface area contributed by atoms with Crippen LogP contribution in [0, 0.1) is 5.41 Å². The molecular formula is C9H14Cl2OTi. The van der Waals surface area contributed by atoms with Crippen LogP contribution < -0.4 is 0 Å². The third-order valence-electron chi connectivity index (χ3n) is 2.22. The summed E-state index contributed by atoms with van der Waals surface area (Å²) in [5.41, 5.74) is 2.44. The van der Waals surface area contributed by atoms with Crippen LogP contribution in [0.15, 0.2) is 23.3 Å². The molecule has 0 saturated carbocycles. The molecule has 74 valence electrons. The molecule has 1 aliphatic rings. The van der Waals surface area contributed by atoms with Crippen LogP contribution in [0.2, 0.25) is 0 Å². The van der Waals surface area contributed by atoms with Gasteiger partial charge < -0.3 is 5.11 Å². The van der Waals surface area contributed by atoms with E-state index in [-0.39, 0.29) is 12.0 Å². The summed E-state index contributed by atoms with van der Waals surface area (Å²) in [6.07, 6.45) is 4.23. The van der Waals surface area contributed by atoms with Crippen molar-refractivity contribution in [3.05, 3.63) is 23.3 Å². The molecule has 0 radical (unpaired) electrons. The van der Waals surface area contributed by atoms with Gasteiger partial charge in [-0.2, -0.15) is 0 Å². The number of hydrogen-bond donors (Lipinski definition) is 1. The van der Waals surface area contributed by atoms with Gasteiger partial charge in [-0.05, 0) is 13.8 Å². The van der Waals surface area contributed by atoms with Crippen molar-refractivity contribution in [2.24, 2.45) is 5.41 Å². The quantitative estimate of drug-likeness (QED) is 0.714. The minimum atomic E-state index is -0.556.